The van der Waals surface area contributed by atoms with Crippen LogP contribution in [0.15, 0.2) is 35.7 Å². The fourth-order valence-corrected chi connectivity index (χ4v) is 4.92. The number of nitrogens with zero attached hydrogens (tertiary/aromatic N) is 1. The Morgan fingerprint density at radius 2 is 1.92 bits per heavy atom. The number of amides is 1. The summed E-state index contributed by atoms with van der Waals surface area (Å²) in [4.78, 5) is 16.5. The number of rotatable bonds is 5. The maximum atomic E-state index is 13.1. The molecule has 3 heteroatoms. The molecule has 24 heavy (non-hydrogen) atoms. The highest BCUT2D eigenvalue weighted by atomic mass is 32.1. The molecule has 2 aliphatic rings. The molecule has 0 saturated heterocycles. The normalized spacial score (nSPS) is 17.2. The number of benzene rings is 1. The predicted octanol–water partition coefficient (Wildman–Crippen LogP) is 4.75. The van der Waals surface area contributed by atoms with Crippen LogP contribution in [-0.2, 0) is 30.6 Å². The Morgan fingerprint density at radius 1 is 1.08 bits per heavy atom. The molecule has 126 valence electrons. The summed E-state index contributed by atoms with van der Waals surface area (Å²) in [5.41, 5.74) is 4.14. The summed E-state index contributed by atoms with van der Waals surface area (Å²) in [6.45, 7) is 0.784. The molecule has 0 aliphatic heterocycles. The van der Waals surface area contributed by atoms with Gasteiger partial charge in [-0.2, -0.15) is 0 Å². The van der Waals surface area contributed by atoms with Crippen LogP contribution in [0.1, 0.15) is 53.7 Å². The molecule has 2 aromatic rings. The molecule has 1 heterocycles. The average Bonchev–Trinajstić information content (AvgIpc) is 3.33. The van der Waals surface area contributed by atoms with Crippen LogP contribution < -0.4 is 0 Å². The van der Waals surface area contributed by atoms with Gasteiger partial charge in [-0.25, -0.2) is 0 Å². The van der Waals surface area contributed by atoms with Crippen LogP contribution in [0.25, 0.3) is 0 Å². The molecular weight excluding hydrogens is 314 g/mol. The maximum absolute atomic E-state index is 13.1. The molecule has 2 nitrogen and oxygen atoms in total. The fourth-order valence-electron chi connectivity index (χ4n) is 4.22. The third-order valence-electron chi connectivity index (χ3n) is 5.51. The van der Waals surface area contributed by atoms with Crippen molar-refractivity contribution < 1.29 is 4.79 Å². The Bertz CT molecular complexity index is 701. The minimum absolute atomic E-state index is 0.299. The molecule has 0 unspecified atom stereocenters. The summed E-state index contributed by atoms with van der Waals surface area (Å²) < 4.78 is 0. The zero-order valence-electron chi connectivity index (χ0n) is 14.2. The van der Waals surface area contributed by atoms with Crippen molar-refractivity contribution in [3.8, 4) is 0 Å². The van der Waals surface area contributed by atoms with Gasteiger partial charge in [-0.05, 0) is 60.2 Å². The largest absolute Gasteiger partial charge is 0.334 e. The van der Waals surface area contributed by atoms with E-state index in [0.717, 1.165) is 6.54 Å². The van der Waals surface area contributed by atoms with E-state index < -0.39 is 0 Å². The highest BCUT2D eigenvalue weighted by Gasteiger charge is 2.27. The highest BCUT2D eigenvalue weighted by Crippen LogP contribution is 2.28. The molecule has 0 atom stereocenters. The van der Waals surface area contributed by atoms with E-state index in [4.69, 9.17) is 0 Å². The van der Waals surface area contributed by atoms with Gasteiger partial charge in [0.15, 0.2) is 0 Å². The Kier molecular flexibility index (Phi) is 4.70. The first-order valence-corrected chi connectivity index (χ1v) is 10.1. The first-order valence-electron chi connectivity index (χ1n) is 9.22. The Balaban J connectivity index is 1.50. The first kappa shape index (κ1) is 15.9. The van der Waals surface area contributed by atoms with Crippen LogP contribution in [0, 0.1) is 0 Å². The van der Waals surface area contributed by atoms with Crippen molar-refractivity contribution in [3.05, 3.63) is 57.3 Å². The molecule has 1 aromatic heterocycles. The van der Waals surface area contributed by atoms with E-state index in [1.807, 2.05) is 0 Å². The molecule has 1 fully saturated rings. The van der Waals surface area contributed by atoms with E-state index in [1.54, 1.807) is 11.3 Å². The molecule has 1 saturated carbocycles. The van der Waals surface area contributed by atoms with Crippen molar-refractivity contribution in [1.29, 1.82) is 0 Å². The predicted molar refractivity (Wildman–Crippen MR) is 99.3 cm³/mol. The third-order valence-corrected chi connectivity index (χ3v) is 6.37. The number of fused-ring (bicyclic) bond motifs is 1. The van der Waals surface area contributed by atoms with Gasteiger partial charge in [-0.3, -0.25) is 4.79 Å². The van der Waals surface area contributed by atoms with E-state index in [2.05, 4.69) is 40.6 Å². The Morgan fingerprint density at radius 3 is 2.71 bits per heavy atom. The number of carbonyl (C=O) groups is 1. The number of carbonyl (C=O) groups excluding carboxylic acids is 1. The molecule has 1 amide bonds. The van der Waals surface area contributed by atoms with E-state index in [1.165, 1.54) is 66.5 Å². The summed E-state index contributed by atoms with van der Waals surface area (Å²) in [7, 11) is 0. The average molecular weight is 340 g/mol. The monoisotopic (exact) mass is 339 g/mol. The van der Waals surface area contributed by atoms with E-state index >= 15 is 0 Å². The highest BCUT2D eigenvalue weighted by molar-refractivity contribution is 7.09. The van der Waals surface area contributed by atoms with E-state index in [9.17, 15) is 4.79 Å². The van der Waals surface area contributed by atoms with Crippen LogP contribution in [0.2, 0.25) is 0 Å². The van der Waals surface area contributed by atoms with Crippen LogP contribution in [-0.4, -0.2) is 16.8 Å². The van der Waals surface area contributed by atoms with E-state index in [-0.39, 0.29) is 0 Å². The third kappa shape index (κ3) is 3.41. The second-order valence-corrected chi connectivity index (χ2v) is 8.20. The summed E-state index contributed by atoms with van der Waals surface area (Å²) in [6.07, 6.45) is 9.06. The van der Waals surface area contributed by atoms with Crippen molar-refractivity contribution in [1.82, 2.24) is 4.90 Å². The van der Waals surface area contributed by atoms with Gasteiger partial charge in [0.2, 0.25) is 5.91 Å². The molecule has 2 aliphatic carbocycles. The minimum Gasteiger partial charge on any atom is -0.334 e. The van der Waals surface area contributed by atoms with Crippen molar-refractivity contribution >= 4 is 17.2 Å². The molecule has 0 N–H and O–H groups in total. The molecule has 4 rings (SSSR count). The van der Waals surface area contributed by atoms with Gasteiger partial charge in [0.25, 0.3) is 0 Å². The lowest BCUT2D eigenvalue weighted by Crippen LogP contribution is -2.39. The van der Waals surface area contributed by atoms with Crippen LogP contribution in [0.5, 0.6) is 0 Å². The number of aryl methyl sites for hydroxylation is 2. The van der Waals surface area contributed by atoms with Gasteiger partial charge in [0, 0.05) is 10.9 Å². The van der Waals surface area contributed by atoms with Crippen molar-refractivity contribution in [2.45, 2.75) is 64.0 Å². The number of hydrogen-bond donors (Lipinski definition) is 0. The van der Waals surface area contributed by atoms with Gasteiger partial charge < -0.3 is 4.90 Å². The molecule has 1 aromatic carbocycles. The first-order chi connectivity index (χ1) is 11.8. The van der Waals surface area contributed by atoms with Gasteiger partial charge in [0.05, 0.1) is 13.0 Å². The summed E-state index contributed by atoms with van der Waals surface area (Å²) in [5, 5.41) is 2.10. The number of hydrogen-bond acceptors (Lipinski definition) is 2. The topological polar surface area (TPSA) is 20.3 Å². The zero-order chi connectivity index (χ0) is 16.4. The maximum Gasteiger partial charge on any atom is 0.227 e. The van der Waals surface area contributed by atoms with Crippen molar-refractivity contribution in [2.75, 3.05) is 0 Å². The van der Waals surface area contributed by atoms with Crippen molar-refractivity contribution in [3.63, 3.8) is 0 Å². The van der Waals surface area contributed by atoms with Crippen LogP contribution in [0.4, 0.5) is 0 Å². The quantitative estimate of drug-likeness (QED) is 0.770. The summed E-state index contributed by atoms with van der Waals surface area (Å²) >= 11 is 1.76. The lowest BCUT2D eigenvalue weighted by Gasteiger charge is -2.29. The van der Waals surface area contributed by atoms with Crippen LogP contribution in [0.3, 0.4) is 0 Å². The molecular formula is C21H25NOS. The van der Waals surface area contributed by atoms with Crippen LogP contribution >= 0.6 is 11.3 Å². The van der Waals surface area contributed by atoms with Gasteiger partial charge in [0.1, 0.15) is 0 Å². The Hall–Kier alpha value is -1.61. The lowest BCUT2D eigenvalue weighted by atomic mass is 10.0. The van der Waals surface area contributed by atoms with Gasteiger partial charge in [-0.15, -0.1) is 11.3 Å². The fraction of sp³-hybridized carbons (Fsp3) is 0.476. The molecule has 0 bridgehead atoms. The second-order valence-electron chi connectivity index (χ2n) is 7.17. The Labute approximate surface area is 148 Å². The number of thiophene rings is 1. The molecule has 0 spiro atoms. The summed E-state index contributed by atoms with van der Waals surface area (Å²) in [6, 6.07) is 11.4. The minimum atomic E-state index is 0.299. The summed E-state index contributed by atoms with van der Waals surface area (Å²) in [5.74, 6) is 0.299. The second kappa shape index (κ2) is 7.10. The lowest BCUT2D eigenvalue weighted by molar-refractivity contribution is -0.133. The zero-order valence-corrected chi connectivity index (χ0v) is 15.0. The van der Waals surface area contributed by atoms with Gasteiger partial charge >= 0.3 is 0 Å². The standard InChI is InChI=1S/C21H25NOS/c23-21(14-16-10-11-17-5-3-6-18(17)13-16)22(19-7-1-2-8-19)15-20-9-4-12-24-20/h4,9-13,19H,1-3,5-8,14-15H2. The smallest absolute Gasteiger partial charge is 0.227 e. The van der Waals surface area contributed by atoms with Gasteiger partial charge in [-0.1, -0.05) is 37.1 Å². The SMILES string of the molecule is O=C(Cc1ccc2c(c1)CCC2)N(Cc1cccs1)C1CCCC1. The molecule has 0 radical (unpaired) electrons. The van der Waals surface area contributed by atoms with Crippen molar-refractivity contribution in [2.24, 2.45) is 0 Å². The van der Waals surface area contributed by atoms with E-state index in [0.29, 0.717) is 18.4 Å².